The number of nitrogens with zero attached hydrogens (tertiary/aromatic N) is 1. The van der Waals surface area contributed by atoms with Crippen molar-refractivity contribution in [3.63, 3.8) is 0 Å². The summed E-state index contributed by atoms with van der Waals surface area (Å²) >= 11 is 7.10. The fourth-order valence-electron chi connectivity index (χ4n) is 3.32. The van der Waals surface area contributed by atoms with E-state index in [9.17, 15) is 15.0 Å². The molecule has 1 atom stereocenters. The Balaban J connectivity index is 1.95. The minimum Gasteiger partial charge on any atom is -0.507 e. The van der Waals surface area contributed by atoms with Gasteiger partial charge < -0.3 is 14.9 Å². The molecule has 2 aromatic carbocycles. The molecule has 0 aliphatic rings. The average Bonchev–Trinajstić information content (AvgIpc) is 2.76. The number of aromatic hydroxyl groups is 1. The van der Waals surface area contributed by atoms with Gasteiger partial charge in [-0.1, -0.05) is 32.9 Å². The van der Waals surface area contributed by atoms with Crippen molar-refractivity contribution >= 4 is 50.0 Å². The lowest BCUT2D eigenvalue weighted by Crippen LogP contribution is -2.12. The van der Waals surface area contributed by atoms with E-state index in [1.54, 1.807) is 25.4 Å². The molecule has 3 aromatic rings. The number of rotatable bonds is 8. The van der Waals surface area contributed by atoms with E-state index in [0.717, 1.165) is 16.7 Å². The molecule has 0 fully saturated rings. The Morgan fingerprint density at radius 3 is 2.27 bits per heavy atom. The number of hydrogen-bond acceptors (Lipinski definition) is 4. The molecule has 0 aliphatic heterocycles. The maximum Gasteiger partial charge on any atom is 0.306 e. The van der Waals surface area contributed by atoms with Crippen LogP contribution in [0.1, 0.15) is 48.9 Å². The molecule has 2 N–H and O–H groups in total. The Morgan fingerprint density at radius 1 is 1.06 bits per heavy atom. The van der Waals surface area contributed by atoms with E-state index < -0.39 is 11.9 Å². The zero-order chi connectivity index (χ0) is 24.1. The summed E-state index contributed by atoms with van der Waals surface area (Å²) in [6.07, 6.45) is 7.61. The highest BCUT2D eigenvalue weighted by Gasteiger charge is 2.17. The first-order valence-electron chi connectivity index (χ1n) is 10.5. The summed E-state index contributed by atoms with van der Waals surface area (Å²) < 4.78 is 7.63. The van der Waals surface area contributed by atoms with Crippen molar-refractivity contribution in [1.82, 2.24) is 4.98 Å². The Morgan fingerprint density at radius 2 is 1.70 bits per heavy atom. The van der Waals surface area contributed by atoms with Crippen LogP contribution in [-0.2, 0) is 11.2 Å². The third kappa shape index (κ3) is 6.45. The van der Waals surface area contributed by atoms with E-state index in [1.807, 2.05) is 56.3 Å². The number of hydrogen-bond donors (Lipinski definition) is 2. The summed E-state index contributed by atoms with van der Waals surface area (Å²) in [7, 11) is 0. The maximum atomic E-state index is 11.2. The van der Waals surface area contributed by atoms with Crippen molar-refractivity contribution in [1.29, 1.82) is 0 Å². The molecule has 1 heterocycles. The maximum absolute atomic E-state index is 11.2. The summed E-state index contributed by atoms with van der Waals surface area (Å²) in [5.74, 6) is 0.147. The summed E-state index contributed by atoms with van der Waals surface area (Å²) in [5, 5.41) is 20.0. The van der Waals surface area contributed by atoms with Crippen molar-refractivity contribution < 1.29 is 19.7 Å². The lowest BCUT2D eigenvalue weighted by molar-refractivity contribution is -0.141. The number of halogens is 2. The Bertz CT molecular complexity index is 1150. The topological polar surface area (TPSA) is 79.7 Å². The standard InChI is InChI=1S/C26H25Br2NO4/c1-15(2)21-14-20(13-19(24(21)30)5-4-17-6-8-29-9-7-17)33-25-22(27)11-18(12-23(25)28)10-16(3)26(31)32/h4-9,11-16,30H,10H2,1-3H3,(H,31,32). The van der Waals surface area contributed by atoms with Gasteiger partial charge in [-0.25, -0.2) is 0 Å². The first-order valence-corrected chi connectivity index (χ1v) is 12.1. The van der Waals surface area contributed by atoms with Crippen LogP contribution < -0.4 is 4.74 Å². The molecule has 172 valence electrons. The van der Waals surface area contributed by atoms with Gasteiger partial charge in [-0.15, -0.1) is 0 Å². The number of carboxylic acid groups (broad SMARTS) is 1. The van der Waals surface area contributed by atoms with Crippen LogP contribution in [0.3, 0.4) is 0 Å². The van der Waals surface area contributed by atoms with Crippen LogP contribution in [0.15, 0.2) is 57.7 Å². The molecular formula is C26H25Br2NO4. The first kappa shape index (κ1) is 25.0. The molecule has 3 rings (SSSR count). The van der Waals surface area contributed by atoms with Crippen molar-refractivity contribution in [2.24, 2.45) is 5.92 Å². The first-order chi connectivity index (χ1) is 15.7. The van der Waals surface area contributed by atoms with Gasteiger partial charge in [0, 0.05) is 23.5 Å². The summed E-state index contributed by atoms with van der Waals surface area (Å²) in [5.41, 5.74) is 3.28. The third-order valence-corrected chi connectivity index (χ3v) is 6.35. The Hall–Kier alpha value is -2.64. The van der Waals surface area contributed by atoms with Gasteiger partial charge in [-0.3, -0.25) is 9.78 Å². The van der Waals surface area contributed by atoms with E-state index in [0.29, 0.717) is 32.4 Å². The van der Waals surface area contributed by atoms with Gasteiger partial charge in [0.2, 0.25) is 0 Å². The second-order valence-corrected chi connectivity index (χ2v) is 9.86. The minimum atomic E-state index is -0.833. The van der Waals surface area contributed by atoms with Gasteiger partial charge in [0.15, 0.2) is 5.75 Å². The van der Waals surface area contributed by atoms with Crippen molar-refractivity contribution in [2.45, 2.75) is 33.1 Å². The molecule has 5 nitrogen and oxygen atoms in total. The molecule has 0 radical (unpaired) electrons. The lowest BCUT2D eigenvalue weighted by atomic mass is 9.98. The average molecular weight is 575 g/mol. The molecule has 0 saturated heterocycles. The quantitative estimate of drug-likeness (QED) is 0.288. The highest BCUT2D eigenvalue weighted by atomic mass is 79.9. The fourth-order valence-corrected chi connectivity index (χ4v) is 4.77. The molecular weight excluding hydrogens is 550 g/mol. The zero-order valence-corrected chi connectivity index (χ0v) is 21.7. The van der Waals surface area contributed by atoms with Crippen molar-refractivity contribution in [3.8, 4) is 17.2 Å². The predicted octanol–water partition coefficient (Wildman–Crippen LogP) is 7.66. The van der Waals surface area contributed by atoms with E-state index >= 15 is 0 Å². The fraction of sp³-hybridized carbons (Fsp3) is 0.231. The van der Waals surface area contributed by atoms with Crippen LogP contribution in [0.4, 0.5) is 0 Å². The highest BCUT2D eigenvalue weighted by molar-refractivity contribution is 9.11. The minimum absolute atomic E-state index is 0.0911. The van der Waals surface area contributed by atoms with Gasteiger partial charge in [-0.2, -0.15) is 0 Å². The van der Waals surface area contributed by atoms with Gasteiger partial charge in [0.1, 0.15) is 11.5 Å². The SMILES string of the molecule is CC(Cc1cc(Br)c(Oc2cc(C=Cc3ccncc3)c(O)c(C(C)C)c2)c(Br)c1)C(=O)O. The largest absolute Gasteiger partial charge is 0.507 e. The van der Waals surface area contributed by atoms with E-state index in [2.05, 4.69) is 36.8 Å². The number of benzene rings is 2. The van der Waals surface area contributed by atoms with Crippen molar-refractivity contribution in [3.05, 3.63) is 80.0 Å². The smallest absolute Gasteiger partial charge is 0.306 e. The molecule has 1 unspecified atom stereocenters. The van der Waals surface area contributed by atoms with Crippen LogP contribution in [-0.4, -0.2) is 21.2 Å². The second kappa shape index (κ2) is 11.0. The molecule has 0 aliphatic carbocycles. The number of phenolic OH excluding ortho intramolecular Hbond substituents is 1. The molecule has 7 heteroatoms. The molecule has 0 saturated carbocycles. The Labute approximate surface area is 210 Å². The van der Waals surface area contributed by atoms with Crippen molar-refractivity contribution in [2.75, 3.05) is 0 Å². The normalized spacial score (nSPS) is 12.3. The summed E-state index contributed by atoms with van der Waals surface area (Å²) in [6.45, 7) is 5.71. The number of aliphatic carboxylic acids is 1. The number of pyridine rings is 1. The van der Waals surface area contributed by atoms with Crippen LogP contribution in [0.25, 0.3) is 12.2 Å². The predicted molar refractivity (Wildman–Crippen MR) is 138 cm³/mol. The number of phenols is 1. The highest BCUT2D eigenvalue weighted by Crippen LogP contribution is 2.41. The summed E-state index contributed by atoms with van der Waals surface area (Å²) in [4.78, 5) is 15.2. The number of carbonyl (C=O) groups is 1. The monoisotopic (exact) mass is 573 g/mol. The van der Waals surface area contributed by atoms with Gasteiger partial charge in [-0.05, 0) is 91.7 Å². The molecule has 0 amide bonds. The number of carboxylic acids is 1. The summed E-state index contributed by atoms with van der Waals surface area (Å²) in [6, 6.07) is 11.1. The van der Waals surface area contributed by atoms with Crippen LogP contribution >= 0.6 is 31.9 Å². The van der Waals surface area contributed by atoms with Gasteiger partial charge in [0.05, 0.1) is 14.9 Å². The lowest BCUT2D eigenvalue weighted by Gasteiger charge is -2.17. The molecule has 0 bridgehead atoms. The van der Waals surface area contributed by atoms with E-state index in [-0.39, 0.29) is 11.7 Å². The van der Waals surface area contributed by atoms with Gasteiger partial charge >= 0.3 is 5.97 Å². The van der Waals surface area contributed by atoms with Crippen LogP contribution in [0.5, 0.6) is 17.2 Å². The molecule has 0 spiro atoms. The van der Waals surface area contributed by atoms with Crippen LogP contribution in [0.2, 0.25) is 0 Å². The second-order valence-electron chi connectivity index (χ2n) is 8.15. The Kier molecular flexibility index (Phi) is 8.32. The van der Waals surface area contributed by atoms with Crippen LogP contribution in [0, 0.1) is 5.92 Å². The van der Waals surface area contributed by atoms with Gasteiger partial charge in [0.25, 0.3) is 0 Å². The van der Waals surface area contributed by atoms with E-state index in [1.165, 1.54) is 0 Å². The zero-order valence-electron chi connectivity index (χ0n) is 18.5. The van der Waals surface area contributed by atoms with E-state index in [4.69, 9.17) is 4.74 Å². The number of ether oxygens (including phenoxy) is 1. The third-order valence-electron chi connectivity index (χ3n) is 5.17. The molecule has 33 heavy (non-hydrogen) atoms. The molecule has 1 aromatic heterocycles. The number of aromatic nitrogens is 1.